The summed E-state index contributed by atoms with van der Waals surface area (Å²) in [5.74, 6) is -1.08. The minimum atomic E-state index is -0.718. The summed E-state index contributed by atoms with van der Waals surface area (Å²) in [6.07, 6.45) is 0. The van der Waals surface area contributed by atoms with Gasteiger partial charge in [-0.05, 0) is 25.1 Å². The van der Waals surface area contributed by atoms with Crippen molar-refractivity contribution < 1.29 is 27.8 Å². The monoisotopic (exact) mass is 422 g/mol. The van der Waals surface area contributed by atoms with Gasteiger partial charge in [0.25, 0.3) is 5.91 Å². The highest BCUT2D eigenvalue weighted by molar-refractivity contribution is 7.16. The molecule has 0 radical (unpaired) electrons. The van der Waals surface area contributed by atoms with Crippen LogP contribution in [0.25, 0.3) is 10.2 Å². The van der Waals surface area contributed by atoms with Gasteiger partial charge in [-0.2, -0.15) is 4.99 Å². The molecule has 0 saturated carbocycles. The van der Waals surface area contributed by atoms with Gasteiger partial charge in [-0.25, -0.2) is 8.78 Å². The number of methoxy groups -OCH3 is 2. The third-order valence-corrected chi connectivity index (χ3v) is 5.18. The molecule has 29 heavy (non-hydrogen) atoms. The summed E-state index contributed by atoms with van der Waals surface area (Å²) in [6.45, 7) is 2.91. The van der Waals surface area contributed by atoms with Crippen molar-refractivity contribution in [3.8, 4) is 11.5 Å². The third kappa shape index (κ3) is 4.63. The zero-order chi connectivity index (χ0) is 21.0. The van der Waals surface area contributed by atoms with Crippen LogP contribution in [0.15, 0.2) is 35.3 Å². The molecule has 1 heterocycles. The summed E-state index contributed by atoms with van der Waals surface area (Å²) >= 11 is 1.03. The van der Waals surface area contributed by atoms with Crippen LogP contribution >= 0.6 is 11.3 Å². The third-order valence-electron chi connectivity index (χ3n) is 4.15. The second-order valence-corrected chi connectivity index (χ2v) is 6.99. The number of carbonyl (C=O) groups is 1. The topological polar surface area (TPSA) is 62.1 Å². The van der Waals surface area contributed by atoms with E-state index in [0.717, 1.165) is 17.4 Å². The smallest absolute Gasteiger partial charge is 0.279 e. The Morgan fingerprint density at radius 3 is 2.41 bits per heavy atom. The lowest BCUT2D eigenvalue weighted by Crippen LogP contribution is -2.20. The van der Waals surface area contributed by atoms with Crippen molar-refractivity contribution in [2.45, 2.75) is 13.5 Å². The quantitative estimate of drug-likeness (QED) is 0.544. The molecule has 0 aliphatic rings. The Morgan fingerprint density at radius 2 is 1.79 bits per heavy atom. The Bertz CT molecular complexity index is 1090. The number of fused-ring (bicyclic) bond motifs is 1. The van der Waals surface area contributed by atoms with Crippen molar-refractivity contribution in [3.63, 3.8) is 0 Å². The van der Waals surface area contributed by atoms with Crippen LogP contribution in [0, 0.1) is 11.6 Å². The first-order valence-electron chi connectivity index (χ1n) is 8.85. The molecule has 1 aromatic heterocycles. The molecule has 1 amide bonds. The number of amides is 1. The number of ether oxygens (including phenoxy) is 3. The summed E-state index contributed by atoms with van der Waals surface area (Å²) in [7, 11) is 2.95. The molecular formula is C20H20F2N2O4S. The fraction of sp³-hybridized carbons (Fsp3) is 0.300. The molecule has 0 saturated heterocycles. The van der Waals surface area contributed by atoms with Gasteiger partial charge in [-0.3, -0.25) is 4.79 Å². The Balaban J connectivity index is 2.12. The molecule has 154 valence electrons. The predicted octanol–water partition coefficient (Wildman–Crippen LogP) is 3.78. The highest BCUT2D eigenvalue weighted by Gasteiger charge is 2.15. The van der Waals surface area contributed by atoms with Gasteiger partial charge < -0.3 is 18.8 Å². The fourth-order valence-electron chi connectivity index (χ4n) is 2.80. The number of benzene rings is 2. The summed E-state index contributed by atoms with van der Waals surface area (Å²) in [5.41, 5.74) is 0.438. The molecule has 0 bridgehead atoms. The largest absolute Gasteiger partial charge is 0.497 e. The molecule has 0 aliphatic carbocycles. The number of nitrogens with zero attached hydrogens (tertiary/aromatic N) is 2. The first-order valence-corrected chi connectivity index (χ1v) is 9.66. The maximum absolute atomic E-state index is 14.4. The van der Waals surface area contributed by atoms with Crippen LogP contribution in [0.1, 0.15) is 17.3 Å². The van der Waals surface area contributed by atoms with E-state index >= 15 is 0 Å². The number of hydrogen-bond acceptors (Lipinski definition) is 5. The summed E-state index contributed by atoms with van der Waals surface area (Å²) < 4.78 is 45.7. The molecule has 3 aromatic rings. The van der Waals surface area contributed by atoms with E-state index in [9.17, 15) is 13.6 Å². The average molecular weight is 422 g/mol. The molecule has 2 aromatic carbocycles. The Labute approximate surface area is 170 Å². The Hall–Kier alpha value is -2.78. The molecule has 0 fully saturated rings. The zero-order valence-electron chi connectivity index (χ0n) is 16.2. The molecule has 0 spiro atoms. The number of rotatable bonds is 7. The van der Waals surface area contributed by atoms with E-state index in [0.29, 0.717) is 29.4 Å². The van der Waals surface area contributed by atoms with Crippen molar-refractivity contribution in [2.24, 2.45) is 4.99 Å². The van der Waals surface area contributed by atoms with Crippen LogP contribution in [0.2, 0.25) is 0 Å². The fourth-order valence-corrected chi connectivity index (χ4v) is 3.90. The standard InChI is InChI=1S/C20H20F2N2O4S/c1-4-28-6-5-24-18-16(22)9-13(21)10-17(18)29-20(24)23-19(25)12-7-14(26-2)11-15(8-12)27-3/h7-11H,4-6H2,1-3H3. The van der Waals surface area contributed by atoms with Gasteiger partial charge in [0, 0.05) is 30.8 Å². The normalized spacial score (nSPS) is 11.8. The Kier molecular flexibility index (Phi) is 6.60. The lowest BCUT2D eigenvalue weighted by Gasteiger charge is -2.07. The molecule has 9 heteroatoms. The molecule has 0 aliphatic heterocycles. The molecule has 3 rings (SSSR count). The van der Waals surface area contributed by atoms with Crippen LogP contribution in [0.4, 0.5) is 8.78 Å². The highest BCUT2D eigenvalue weighted by Crippen LogP contribution is 2.24. The van der Waals surface area contributed by atoms with E-state index in [1.165, 1.54) is 37.0 Å². The second-order valence-electron chi connectivity index (χ2n) is 5.99. The van der Waals surface area contributed by atoms with Crippen LogP contribution in [-0.4, -0.2) is 37.9 Å². The van der Waals surface area contributed by atoms with E-state index in [-0.39, 0.29) is 22.4 Å². The number of halogens is 2. The van der Waals surface area contributed by atoms with Gasteiger partial charge in [0.2, 0.25) is 0 Å². The van der Waals surface area contributed by atoms with Gasteiger partial charge in [-0.15, -0.1) is 0 Å². The predicted molar refractivity (Wildman–Crippen MR) is 106 cm³/mol. The minimum Gasteiger partial charge on any atom is -0.497 e. The maximum atomic E-state index is 14.4. The van der Waals surface area contributed by atoms with Crippen LogP contribution in [0.5, 0.6) is 11.5 Å². The van der Waals surface area contributed by atoms with Gasteiger partial charge in [0.15, 0.2) is 10.6 Å². The summed E-state index contributed by atoms with van der Waals surface area (Å²) in [5, 5.41) is 0. The lowest BCUT2D eigenvalue weighted by atomic mass is 10.2. The molecular weight excluding hydrogens is 402 g/mol. The molecule has 0 N–H and O–H groups in total. The maximum Gasteiger partial charge on any atom is 0.279 e. The first-order chi connectivity index (χ1) is 14.0. The van der Waals surface area contributed by atoms with Crippen molar-refractivity contribution >= 4 is 27.5 Å². The SMILES string of the molecule is CCOCCn1c(=NC(=O)c2cc(OC)cc(OC)c2)sc2cc(F)cc(F)c21. The lowest BCUT2D eigenvalue weighted by molar-refractivity contribution is 0.0996. The Morgan fingerprint density at radius 1 is 1.10 bits per heavy atom. The highest BCUT2D eigenvalue weighted by atomic mass is 32.1. The van der Waals surface area contributed by atoms with Crippen molar-refractivity contribution in [3.05, 3.63) is 52.3 Å². The van der Waals surface area contributed by atoms with Crippen molar-refractivity contribution in [1.82, 2.24) is 4.57 Å². The second kappa shape index (κ2) is 9.15. The first kappa shape index (κ1) is 20.9. The summed E-state index contributed by atoms with van der Waals surface area (Å²) in [6, 6.07) is 6.73. The number of hydrogen-bond donors (Lipinski definition) is 0. The van der Waals surface area contributed by atoms with E-state index in [2.05, 4.69) is 4.99 Å². The molecule has 0 unspecified atom stereocenters. The van der Waals surface area contributed by atoms with E-state index in [1.54, 1.807) is 6.07 Å². The van der Waals surface area contributed by atoms with Crippen LogP contribution in [0.3, 0.4) is 0 Å². The minimum absolute atomic E-state index is 0.186. The molecule has 0 atom stereocenters. The van der Waals surface area contributed by atoms with Gasteiger partial charge in [-0.1, -0.05) is 11.3 Å². The van der Waals surface area contributed by atoms with Gasteiger partial charge in [0.05, 0.1) is 31.0 Å². The average Bonchev–Trinajstić information content (AvgIpc) is 3.04. The van der Waals surface area contributed by atoms with Crippen LogP contribution in [-0.2, 0) is 11.3 Å². The number of carbonyl (C=O) groups excluding carboxylic acids is 1. The van der Waals surface area contributed by atoms with Crippen molar-refractivity contribution in [1.29, 1.82) is 0 Å². The zero-order valence-corrected chi connectivity index (χ0v) is 17.0. The number of thiazole rings is 1. The summed E-state index contributed by atoms with van der Waals surface area (Å²) in [4.78, 5) is 17.2. The van der Waals surface area contributed by atoms with Crippen molar-refractivity contribution in [2.75, 3.05) is 27.4 Å². The van der Waals surface area contributed by atoms with E-state index in [1.807, 2.05) is 6.92 Å². The molecule has 6 nitrogen and oxygen atoms in total. The van der Waals surface area contributed by atoms with Crippen LogP contribution < -0.4 is 14.3 Å². The van der Waals surface area contributed by atoms with E-state index in [4.69, 9.17) is 14.2 Å². The number of aromatic nitrogens is 1. The van der Waals surface area contributed by atoms with Gasteiger partial charge in [0.1, 0.15) is 17.3 Å². The van der Waals surface area contributed by atoms with E-state index < -0.39 is 17.5 Å². The van der Waals surface area contributed by atoms with Gasteiger partial charge >= 0.3 is 0 Å².